The molecule has 2 unspecified atom stereocenters. The molecule has 0 bridgehead atoms. The summed E-state index contributed by atoms with van der Waals surface area (Å²) in [4.78, 5) is 10.7. The molecule has 7 heteroatoms. The van der Waals surface area contributed by atoms with E-state index in [0.717, 1.165) is 25.7 Å². The largest absolute Gasteiger partial charge is 0.319 e. The Kier molecular flexibility index (Phi) is 11.4. The van der Waals surface area contributed by atoms with E-state index in [4.69, 9.17) is 14.3 Å². The van der Waals surface area contributed by atoms with Crippen LogP contribution in [-0.2, 0) is 18.4 Å². The van der Waals surface area contributed by atoms with Gasteiger partial charge >= 0.3 is 8.25 Å². The Morgan fingerprint density at radius 3 is 2.67 bits per heavy atom. The van der Waals surface area contributed by atoms with Gasteiger partial charge in [-0.25, -0.2) is 5.48 Å². The molecule has 0 radical (unpaired) electrons. The Bertz CT molecular complexity index is 250. The third-order valence-electron chi connectivity index (χ3n) is 2.65. The van der Waals surface area contributed by atoms with E-state index in [1.54, 1.807) is 0 Å². The van der Waals surface area contributed by atoms with Crippen LogP contribution >= 0.6 is 8.25 Å². The van der Waals surface area contributed by atoms with E-state index in [0.29, 0.717) is 12.5 Å². The smallest absolute Gasteiger partial charge is 0.310 e. The van der Waals surface area contributed by atoms with E-state index in [-0.39, 0.29) is 13.0 Å². The first-order valence-corrected chi connectivity index (χ1v) is 7.58. The van der Waals surface area contributed by atoms with Crippen LogP contribution in [0.5, 0.6) is 0 Å². The monoisotopic (exact) mass is 281 g/mol. The van der Waals surface area contributed by atoms with Crippen molar-refractivity contribution in [3.05, 3.63) is 0 Å². The Morgan fingerprint density at radius 1 is 1.39 bits per heavy atom. The Hall–Kier alpha value is -0.420. The summed E-state index contributed by atoms with van der Waals surface area (Å²) in [6.45, 7) is 4.62. The molecule has 0 fully saturated rings. The summed E-state index contributed by atoms with van der Waals surface area (Å²) in [6, 6.07) is 0. The van der Waals surface area contributed by atoms with Crippen LogP contribution in [0.2, 0.25) is 0 Å². The molecule has 0 aromatic heterocycles. The van der Waals surface area contributed by atoms with Gasteiger partial charge < -0.3 is 9.05 Å². The summed E-state index contributed by atoms with van der Waals surface area (Å²) in [5.41, 5.74) is 1.47. The van der Waals surface area contributed by atoms with Crippen molar-refractivity contribution < 1.29 is 23.6 Å². The van der Waals surface area contributed by atoms with Crippen LogP contribution in [0.1, 0.15) is 46.0 Å². The number of nitrogens with one attached hydrogen (secondary N) is 1. The minimum atomic E-state index is -2.53. The minimum Gasteiger partial charge on any atom is -0.310 e. The van der Waals surface area contributed by atoms with Gasteiger partial charge in [0.1, 0.15) is 0 Å². The van der Waals surface area contributed by atoms with Gasteiger partial charge in [-0.3, -0.25) is 14.6 Å². The van der Waals surface area contributed by atoms with E-state index in [1.165, 1.54) is 5.48 Å². The van der Waals surface area contributed by atoms with Crippen molar-refractivity contribution in [2.24, 2.45) is 5.92 Å². The minimum absolute atomic E-state index is 0.0179. The van der Waals surface area contributed by atoms with E-state index >= 15 is 0 Å². The Morgan fingerprint density at radius 2 is 2.11 bits per heavy atom. The van der Waals surface area contributed by atoms with E-state index in [2.05, 4.69) is 13.8 Å². The molecular formula is C11H24NO5P. The SMILES string of the molecule is CCCCC(CC)CO[PH](=O)OCCC(=O)NO. The summed E-state index contributed by atoms with van der Waals surface area (Å²) >= 11 is 0. The molecule has 18 heavy (non-hydrogen) atoms. The molecule has 0 aromatic carbocycles. The third-order valence-corrected chi connectivity index (χ3v) is 3.50. The lowest BCUT2D eigenvalue weighted by Crippen LogP contribution is -2.19. The van der Waals surface area contributed by atoms with Gasteiger partial charge in [-0.05, 0) is 12.3 Å². The molecule has 108 valence electrons. The first-order chi connectivity index (χ1) is 8.63. The maximum atomic E-state index is 11.4. The van der Waals surface area contributed by atoms with Crippen molar-refractivity contribution in [3.63, 3.8) is 0 Å². The average molecular weight is 281 g/mol. The van der Waals surface area contributed by atoms with Crippen molar-refractivity contribution in [1.29, 1.82) is 0 Å². The fourth-order valence-electron chi connectivity index (χ4n) is 1.41. The van der Waals surface area contributed by atoms with E-state index in [9.17, 15) is 9.36 Å². The van der Waals surface area contributed by atoms with Crippen LogP contribution in [0.3, 0.4) is 0 Å². The van der Waals surface area contributed by atoms with Gasteiger partial charge in [-0.1, -0.05) is 33.1 Å². The zero-order chi connectivity index (χ0) is 13.8. The standard InChI is InChI=1S/C11H24NO5P/c1-3-5-6-10(4-2)9-17-18(15)16-8-7-11(13)12-14/h10,14,18H,3-9H2,1-2H3,(H,12,13). The van der Waals surface area contributed by atoms with Crippen molar-refractivity contribution >= 4 is 14.2 Å². The quantitative estimate of drug-likeness (QED) is 0.345. The molecule has 0 rings (SSSR count). The molecule has 2 atom stereocenters. The fourth-order valence-corrected chi connectivity index (χ4v) is 2.13. The van der Waals surface area contributed by atoms with Gasteiger partial charge in [0.2, 0.25) is 5.91 Å². The first kappa shape index (κ1) is 17.6. The molecule has 1 amide bonds. The van der Waals surface area contributed by atoms with Gasteiger partial charge in [-0.2, -0.15) is 0 Å². The summed E-state index contributed by atoms with van der Waals surface area (Å²) < 4.78 is 21.4. The molecule has 0 saturated carbocycles. The van der Waals surface area contributed by atoms with E-state index in [1.807, 2.05) is 0 Å². The number of carbonyl (C=O) groups excluding carboxylic acids is 1. The number of unbranched alkanes of at least 4 members (excludes halogenated alkanes) is 1. The predicted octanol–water partition coefficient (Wildman–Crippen LogP) is 2.52. The topological polar surface area (TPSA) is 84.9 Å². The lowest BCUT2D eigenvalue weighted by atomic mass is 10.0. The highest BCUT2D eigenvalue weighted by molar-refractivity contribution is 7.33. The molecule has 6 nitrogen and oxygen atoms in total. The third kappa shape index (κ3) is 9.59. The number of hydrogen-bond acceptors (Lipinski definition) is 5. The predicted molar refractivity (Wildman–Crippen MR) is 68.8 cm³/mol. The summed E-state index contributed by atoms with van der Waals surface area (Å²) in [5.74, 6) is -0.164. The van der Waals surface area contributed by atoms with Gasteiger partial charge in [-0.15, -0.1) is 0 Å². The van der Waals surface area contributed by atoms with Gasteiger partial charge in [0.25, 0.3) is 0 Å². The number of amides is 1. The molecule has 0 aromatic rings. The maximum absolute atomic E-state index is 11.4. The molecular weight excluding hydrogens is 257 g/mol. The number of hydroxylamine groups is 1. The van der Waals surface area contributed by atoms with Crippen LogP contribution < -0.4 is 5.48 Å². The molecule has 0 saturated heterocycles. The lowest BCUT2D eigenvalue weighted by Gasteiger charge is -2.14. The highest BCUT2D eigenvalue weighted by Gasteiger charge is 2.09. The second-order valence-corrected chi connectivity index (χ2v) is 5.19. The van der Waals surface area contributed by atoms with Crippen molar-refractivity contribution in [1.82, 2.24) is 5.48 Å². The summed E-state index contributed by atoms with van der Waals surface area (Å²) in [6.07, 6.45) is 4.29. The van der Waals surface area contributed by atoms with E-state index < -0.39 is 14.2 Å². The van der Waals surface area contributed by atoms with Crippen LogP contribution in [0.15, 0.2) is 0 Å². The highest BCUT2D eigenvalue weighted by atomic mass is 31.1. The zero-order valence-corrected chi connectivity index (χ0v) is 12.1. The number of carbonyl (C=O) groups is 1. The normalized spacial score (nSPS) is 14.2. The number of rotatable bonds is 11. The zero-order valence-electron chi connectivity index (χ0n) is 11.1. The van der Waals surface area contributed by atoms with Gasteiger partial charge in [0.15, 0.2) is 0 Å². The van der Waals surface area contributed by atoms with Crippen molar-refractivity contribution in [3.8, 4) is 0 Å². The second-order valence-electron chi connectivity index (χ2n) is 4.11. The molecule has 0 spiro atoms. The van der Waals surface area contributed by atoms with Crippen molar-refractivity contribution in [2.45, 2.75) is 46.0 Å². The van der Waals surface area contributed by atoms with Crippen molar-refractivity contribution in [2.75, 3.05) is 13.2 Å². The molecule has 0 aliphatic heterocycles. The van der Waals surface area contributed by atoms with Gasteiger partial charge in [0, 0.05) is 0 Å². The van der Waals surface area contributed by atoms with Crippen LogP contribution in [0.25, 0.3) is 0 Å². The first-order valence-electron chi connectivity index (χ1n) is 6.36. The molecule has 0 aliphatic carbocycles. The molecule has 0 aliphatic rings. The molecule has 2 N–H and O–H groups in total. The second kappa shape index (κ2) is 11.7. The summed E-state index contributed by atoms with van der Waals surface area (Å²) in [7, 11) is -2.53. The fraction of sp³-hybridized carbons (Fsp3) is 0.909. The Balaban J connectivity index is 3.64. The van der Waals surface area contributed by atoms with Crippen LogP contribution in [-0.4, -0.2) is 24.3 Å². The summed E-state index contributed by atoms with van der Waals surface area (Å²) in [5, 5.41) is 8.23. The maximum Gasteiger partial charge on any atom is 0.319 e. The Labute approximate surface area is 109 Å². The highest BCUT2D eigenvalue weighted by Crippen LogP contribution is 2.26. The van der Waals surface area contributed by atoms with Crippen LogP contribution in [0, 0.1) is 5.92 Å². The average Bonchev–Trinajstić information content (AvgIpc) is 2.38. The lowest BCUT2D eigenvalue weighted by molar-refractivity contribution is -0.129. The van der Waals surface area contributed by atoms with Crippen LogP contribution in [0.4, 0.5) is 0 Å². The molecule has 0 heterocycles. The van der Waals surface area contributed by atoms with Gasteiger partial charge in [0.05, 0.1) is 19.6 Å². The number of hydrogen-bond donors (Lipinski definition) is 2.